The Morgan fingerprint density at radius 1 is 1.45 bits per heavy atom. The summed E-state index contributed by atoms with van der Waals surface area (Å²) in [7, 11) is 1.65. The van der Waals surface area contributed by atoms with Crippen LogP contribution in [0.5, 0.6) is 0 Å². The molecule has 0 aliphatic rings. The van der Waals surface area contributed by atoms with E-state index >= 15 is 0 Å². The highest BCUT2D eigenvalue weighted by Gasteiger charge is 2.03. The van der Waals surface area contributed by atoms with Crippen molar-refractivity contribution in [2.24, 2.45) is 10.7 Å². The standard InChI is InChI=1S/C15H26N4O/c1-4-19(14-7-5-6-13(2)12-14)10-8-17-15(16)18-9-11-20-3/h5-7,12H,4,8-11H2,1-3H3,(H3,16,17,18). The van der Waals surface area contributed by atoms with E-state index < -0.39 is 0 Å². The molecule has 0 aliphatic carbocycles. The topological polar surface area (TPSA) is 62.9 Å². The third-order valence-electron chi connectivity index (χ3n) is 3.01. The van der Waals surface area contributed by atoms with Gasteiger partial charge in [0.1, 0.15) is 0 Å². The molecule has 1 aromatic rings. The molecule has 1 rings (SSSR count). The maximum Gasteiger partial charge on any atom is 0.188 e. The lowest BCUT2D eigenvalue weighted by atomic mass is 10.2. The fraction of sp³-hybridized carbons (Fsp3) is 0.533. The van der Waals surface area contributed by atoms with Crippen LogP contribution in [-0.4, -0.2) is 45.9 Å². The van der Waals surface area contributed by atoms with Crippen molar-refractivity contribution in [1.29, 1.82) is 0 Å². The van der Waals surface area contributed by atoms with Crippen molar-refractivity contribution < 1.29 is 4.74 Å². The predicted octanol–water partition coefficient (Wildman–Crippen LogP) is 1.37. The number of nitrogens with two attached hydrogens (primary N) is 1. The first-order valence-corrected chi connectivity index (χ1v) is 7.01. The summed E-state index contributed by atoms with van der Waals surface area (Å²) in [5.74, 6) is 0.474. The zero-order valence-corrected chi connectivity index (χ0v) is 12.7. The lowest BCUT2D eigenvalue weighted by Gasteiger charge is -2.23. The highest BCUT2D eigenvalue weighted by Crippen LogP contribution is 2.14. The Morgan fingerprint density at radius 2 is 2.25 bits per heavy atom. The van der Waals surface area contributed by atoms with Crippen molar-refractivity contribution in [1.82, 2.24) is 5.32 Å². The first-order chi connectivity index (χ1) is 9.67. The minimum atomic E-state index is 0.474. The van der Waals surface area contributed by atoms with E-state index in [1.54, 1.807) is 7.11 Å². The van der Waals surface area contributed by atoms with Crippen molar-refractivity contribution in [3.8, 4) is 0 Å². The summed E-state index contributed by atoms with van der Waals surface area (Å²) in [6.45, 7) is 8.06. The molecule has 0 bridgehead atoms. The number of ether oxygens (including phenoxy) is 1. The highest BCUT2D eigenvalue weighted by atomic mass is 16.5. The SMILES string of the molecule is CCN(CCNC(N)=NCCOC)c1cccc(C)c1. The van der Waals surface area contributed by atoms with E-state index in [9.17, 15) is 0 Å². The average Bonchev–Trinajstić information content (AvgIpc) is 2.44. The number of hydrogen-bond acceptors (Lipinski definition) is 3. The van der Waals surface area contributed by atoms with Gasteiger partial charge in [-0.2, -0.15) is 0 Å². The quantitative estimate of drug-likeness (QED) is 0.428. The zero-order valence-electron chi connectivity index (χ0n) is 12.7. The lowest BCUT2D eigenvalue weighted by molar-refractivity contribution is 0.208. The van der Waals surface area contributed by atoms with E-state index in [0.717, 1.165) is 19.6 Å². The summed E-state index contributed by atoms with van der Waals surface area (Å²) in [6, 6.07) is 8.52. The second kappa shape index (κ2) is 9.20. The third-order valence-corrected chi connectivity index (χ3v) is 3.01. The second-order valence-electron chi connectivity index (χ2n) is 4.61. The van der Waals surface area contributed by atoms with E-state index in [4.69, 9.17) is 10.5 Å². The summed E-state index contributed by atoms with van der Waals surface area (Å²) in [5.41, 5.74) is 8.28. The predicted molar refractivity (Wildman–Crippen MR) is 85.4 cm³/mol. The number of likely N-dealkylation sites (N-methyl/N-ethyl adjacent to an activating group) is 1. The number of benzene rings is 1. The van der Waals surface area contributed by atoms with Crippen LogP contribution >= 0.6 is 0 Å². The normalized spacial score (nSPS) is 11.4. The van der Waals surface area contributed by atoms with Gasteiger partial charge in [0.05, 0.1) is 13.2 Å². The maximum absolute atomic E-state index is 5.77. The van der Waals surface area contributed by atoms with Crippen LogP contribution in [0.25, 0.3) is 0 Å². The molecule has 20 heavy (non-hydrogen) atoms. The van der Waals surface area contributed by atoms with Crippen LogP contribution in [0.3, 0.4) is 0 Å². The van der Waals surface area contributed by atoms with Gasteiger partial charge in [0.25, 0.3) is 0 Å². The number of guanidine groups is 1. The molecule has 0 radical (unpaired) electrons. The third kappa shape index (κ3) is 5.93. The fourth-order valence-corrected chi connectivity index (χ4v) is 1.93. The number of anilines is 1. The van der Waals surface area contributed by atoms with E-state index in [0.29, 0.717) is 19.1 Å². The van der Waals surface area contributed by atoms with Crippen molar-refractivity contribution in [3.63, 3.8) is 0 Å². The van der Waals surface area contributed by atoms with Crippen LogP contribution in [0.1, 0.15) is 12.5 Å². The molecule has 112 valence electrons. The van der Waals surface area contributed by atoms with Gasteiger partial charge >= 0.3 is 0 Å². The number of aliphatic imine (C=N–C) groups is 1. The summed E-state index contributed by atoms with van der Waals surface area (Å²) in [5, 5.41) is 3.12. The van der Waals surface area contributed by atoms with Crippen molar-refractivity contribution in [3.05, 3.63) is 29.8 Å². The van der Waals surface area contributed by atoms with Gasteiger partial charge in [-0.1, -0.05) is 12.1 Å². The van der Waals surface area contributed by atoms with Crippen LogP contribution < -0.4 is 16.0 Å². The number of aryl methyl sites for hydroxylation is 1. The number of nitrogens with zero attached hydrogens (tertiary/aromatic N) is 2. The molecular weight excluding hydrogens is 252 g/mol. The van der Waals surface area contributed by atoms with E-state index in [-0.39, 0.29) is 0 Å². The summed E-state index contributed by atoms with van der Waals surface area (Å²) in [6.07, 6.45) is 0. The van der Waals surface area contributed by atoms with Gasteiger partial charge in [0, 0.05) is 32.4 Å². The van der Waals surface area contributed by atoms with Crippen molar-refractivity contribution in [2.45, 2.75) is 13.8 Å². The Labute approximate surface area is 121 Å². The number of methoxy groups -OCH3 is 1. The molecule has 0 aliphatic heterocycles. The van der Waals surface area contributed by atoms with E-state index in [2.05, 4.69) is 53.3 Å². The Morgan fingerprint density at radius 3 is 2.90 bits per heavy atom. The molecule has 0 unspecified atom stereocenters. The molecule has 0 amide bonds. The van der Waals surface area contributed by atoms with E-state index in [1.807, 2.05) is 0 Å². The molecule has 0 atom stereocenters. The second-order valence-corrected chi connectivity index (χ2v) is 4.61. The maximum atomic E-state index is 5.77. The Kier molecular flexibility index (Phi) is 7.50. The fourth-order valence-electron chi connectivity index (χ4n) is 1.93. The molecule has 0 heterocycles. The minimum Gasteiger partial charge on any atom is -0.383 e. The van der Waals surface area contributed by atoms with Gasteiger partial charge in [0.2, 0.25) is 0 Å². The Balaban J connectivity index is 2.40. The van der Waals surface area contributed by atoms with Crippen LogP contribution in [0.2, 0.25) is 0 Å². The van der Waals surface area contributed by atoms with Crippen molar-refractivity contribution in [2.75, 3.05) is 44.8 Å². The van der Waals surface area contributed by atoms with E-state index in [1.165, 1.54) is 11.3 Å². The molecule has 0 aromatic heterocycles. The molecule has 0 fully saturated rings. The molecule has 0 saturated heterocycles. The van der Waals surface area contributed by atoms with Gasteiger partial charge in [-0.3, -0.25) is 4.99 Å². The highest BCUT2D eigenvalue weighted by molar-refractivity contribution is 5.77. The number of rotatable bonds is 8. The Hall–Kier alpha value is -1.75. The smallest absolute Gasteiger partial charge is 0.188 e. The molecule has 5 nitrogen and oxygen atoms in total. The molecule has 1 aromatic carbocycles. The first-order valence-electron chi connectivity index (χ1n) is 7.01. The number of hydrogen-bond donors (Lipinski definition) is 2. The molecule has 0 saturated carbocycles. The van der Waals surface area contributed by atoms with Gasteiger partial charge in [0.15, 0.2) is 5.96 Å². The molecule has 3 N–H and O–H groups in total. The largest absolute Gasteiger partial charge is 0.383 e. The molecule has 0 spiro atoms. The Bertz CT molecular complexity index is 420. The van der Waals surface area contributed by atoms with Gasteiger partial charge in [-0.25, -0.2) is 0 Å². The average molecular weight is 278 g/mol. The molecule has 5 heteroatoms. The van der Waals surface area contributed by atoms with Crippen LogP contribution in [0.15, 0.2) is 29.3 Å². The van der Waals surface area contributed by atoms with Gasteiger partial charge < -0.3 is 20.7 Å². The van der Waals surface area contributed by atoms with Crippen molar-refractivity contribution >= 4 is 11.6 Å². The summed E-state index contributed by atoms with van der Waals surface area (Å²) < 4.78 is 4.92. The van der Waals surface area contributed by atoms with Crippen LogP contribution in [0.4, 0.5) is 5.69 Å². The summed E-state index contributed by atoms with van der Waals surface area (Å²) in [4.78, 5) is 6.47. The zero-order chi connectivity index (χ0) is 14.8. The molecular formula is C15H26N4O. The summed E-state index contributed by atoms with van der Waals surface area (Å²) >= 11 is 0. The minimum absolute atomic E-state index is 0.474. The van der Waals surface area contributed by atoms with Crippen LogP contribution in [-0.2, 0) is 4.74 Å². The number of nitrogens with one attached hydrogen (secondary N) is 1. The van der Waals surface area contributed by atoms with Gasteiger partial charge in [-0.15, -0.1) is 0 Å². The first kappa shape index (κ1) is 16.3. The monoisotopic (exact) mass is 278 g/mol. The van der Waals surface area contributed by atoms with Crippen LogP contribution in [0, 0.1) is 6.92 Å². The van der Waals surface area contributed by atoms with Gasteiger partial charge in [-0.05, 0) is 31.5 Å². The lowest BCUT2D eigenvalue weighted by Crippen LogP contribution is -2.38.